The Hall–Kier alpha value is -1.40. The zero-order chi connectivity index (χ0) is 13.0. The van der Waals surface area contributed by atoms with Gasteiger partial charge in [-0.05, 0) is 43.7 Å². The van der Waals surface area contributed by atoms with Crippen molar-refractivity contribution < 1.29 is 9.26 Å². The molecule has 2 aromatic rings. The number of nitrogens with zero attached hydrogens (tertiary/aromatic N) is 2. The number of aromatic nitrogens is 2. The normalized spacial score (nSPS) is 10.6. The van der Waals surface area contributed by atoms with Gasteiger partial charge in [0, 0.05) is 4.47 Å². The summed E-state index contributed by atoms with van der Waals surface area (Å²) < 4.78 is 11.6. The van der Waals surface area contributed by atoms with Crippen LogP contribution in [-0.4, -0.2) is 16.7 Å². The van der Waals surface area contributed by atoms with Crippen molar-refractivity contribution in [2.24, 2.45) is 5.73 Å². The van der Waals surface area contributed by atoms with Crippen LogP contribution in [0.25, 0.3) is 0 Å². The molecule has 5 nitrogen and oxygen atoms in total. The fraction of sp³-hybridized carbons (Fsp3) is 0.333. The zero-order valence-electron chi connectivity index (χ0n) is 10.0. The molecule has 96 valence electrons. The van der Waals surface area contributed by atoms with Gasteiger partial charge in [0.25, 0.3) is 5.89 Å². The first-order valence-electron chi connectivity index (χ1n) is 5.59. The van der Waals surface area contributed by atoms with Gasteiger partial charge in [0.1, 0.15) is 5.75 Å². The van der Waals surface area contributed by atoms with E-state index in [0.29, 0.717) is 18.3 Å². The summed E-state index contributed by atoms with van der Waals surface area (Å²) in [6.07, 6.45) is 0.803. The van der Waals surface area contributed by atoms with Crippen molar-refractivity contribution >= 4 is 15.9 Å². The third-order valence-corrected chi connectivity index (χ3v) is 3.14. The van der Waals surface area contributed by atoms with Crippen molar-refractivity contribution in [3.05, 3.63) is 40.0 Å². The lowest BCUT2D eigenvalue weighted by Crippen LogP contribution is -2.04. The topological polar surface area (TPSA) is 74.2 Å². The largest absolute Gasteiger partial charge is 0.484 e. The Morgan fingerprint density at radius 2 is 2.28 bits per heavy atom. The van der Waals surface area contributed by atoms with Crippen LogP contribution in [-0.2, 0) is 13.0 Å². The monoisotopic (exact) mass is 311 g/mol. The van der Waals surface area contributed by atoms with E-state index in [2.05, 4.69) is 26.1 Å². The van der Waals surface area contributed by atoms with Gasteiger partial charge in [0.15, 0.2) is 12.4 Å². The second-order valence-corrected chi connectivity index (χ2v) is 4.67. The summed E-state index contributed by atoms with van der Waals surface area (Å²) in [6.45, 7) is 2.64. The van der Waals surface area contributed by atoms with Crippen LogP contribution in [0.1, 0.15) is 17.3 Å². The van der Waals surface area contributed by atoms with E-state index in [4.69, 9.17) is 15.0 Å². The molecule has 1 aromatic carbocycles. The lowest BCUT2D eigenvalue weighted by molar-refractivity contribution is 0.242. The molecule has 2 N–H and O–H groups in total. The van der Waals surface area contributed by atoms with E-state index in [9.17, 15) is 0 Å². The molecule has 1 aromatic heterocycles. The highest BCUT2D eigenvalue weighted by Crippen LogP contribution is 2.23. The molecule has 0 aliphatic rings. The Morgan fingerprint density at radius 3 is 2.94 bits per heavy atom. The van der Waals surface area contributed by atoms with E-state index in [1.165, 1.54) is 0 Å². The summed E-state index contributed by atoms with van der Waals surface area (Å²) in [5.41, 5.74) is 6.67. The quantitative estimate of drug-likeness (QED) is 0.916. The van der Waals surface area contributed by atoms with Crippen LogP contribution < -0.4 is 10.5 Å². The number of hydrogen-bond acceptors (Lipinski definition) is 5. The first-order valence-corrected chi connectivity index (χ1v) is 6.39. The average molecular weight is 312 g/mol. The first kappa shape index (κ1) is 13.0. The van der Waals surface area contributed by atoms with Crippen LogP contribution >= 0.6 is 15.9 Å². The van der Waals surface area contributed by atoms with Crippen LogP contribution in [0.15, 0.2) is 27.2 Å². The van der Waals surface area contributed by atoms with E-state index in [1.54, 1.807) is 6.92 Å². The van der Waals surface area contributed by atoms with Gasteiger partial charge >= 0.3 is 0 Å². The Labute approximate surface area is 113 Å². The van der Waals surface area contributed by atoms with Crippen LogP contribution in [0.5, 0.6) is 5.75 Å². The molecule has 0 aliphatic heterocycles. The van der Waals surface area contributed by atoms with Gasteiger partial charge in [-0.25, -0.2) is 0 Å². The predicted molar refractivity (Wildman–Crippen MR) is 70.3 cm³/mol. The number of aryl methyl sites for hydroxylation is 1. The molecule has 0 saturated heterocycles. The Kier molecular flexibility index (Phi) is 4.33. The molecule has 0 saturated carbocycles. The number of rotatable bonds is 5. The van der Waals surface area contributed by atoms with Crippen molar-refractivity contribution in [2.45, 2.75) is 20.0 Å². The third kappa shape index (κ3) is 3.30. The highest BCUT2D eigenvalue weighted by Gasteiger charge is 2.05. The third-order valence-electron chi connectivity index (χ3n) is 2.36. The van der Waals surface area contributed by atoms with E-state index in [0.717, 1.165) is 22.2 Å². The molecule has 0 fully saturated rings. The number of ether oxygens (including phenoxy) is 1. The summed E-state index contributed by atoms with van der Waals surface area (Å²) in [6, 6.07) is 5.78. The SMILES string of the molecule is Cc1noc(COc2ccc(Br)c(CCN)c2)n1. The van der Waals surface area contributed by atoms with E-state index in [1.807, 2.05) is 18.2 Å². The van der Waals surface area contributed by atoms with E-state index in [-0.39, 0.29) is 6.61 Å². The van der Waals surface area contributed by atoms with Crippen molar-refractivity contribution in [3.63, 3.8) is 0 Å². The van der Waals surface area contributed by atoms with Crippen molar-refractivity contribution in [1.82, 2.24) is 10.1 Å². The molecule has 0 aliphatic carbocycles. The molecular weight excluding hydrogens is 298 g/mol. The smallest absolute Gasteiger partial charge is 0.264 e. The van der Waals surface area contributed by atoms with E-state index < -0.39 is 0 Å². The number of benzene rings is 1. The van der Waals surface area contributed by atoms with Gasteiger partial charge in [-0.2, -0.15) is 4.98 Å². The van der Waals surface area contributed by atoms with Crippen molar-refractivity contribution in [3.8, 4) is 5.75 Å². The molecule has 18 heavy (non-hydrogen) atoms. The molecular formula is C12H14BrN3O2. The maximum Gasteiger partial charge on any atom is 0.264 e. The number of halogens is 1. The molecule has 1 heterocycles. The van der Waals surface area contributed by atoms with Crippen molar-refractivity contribution in [1.29, 1.82) is 0 Å². The second-order valence-electron chi connectivity index (χ2n) is 3.82. The van der Waals surface area contributed by atoms with Crippen LogP contribution in [0.3, 0.4) is 0 Å². The van der Waals surface area contributed by atoms with Gasteiger partial charge in [-0.15, -0.1) is 0 Å². The molecule has 0 atom stereocenters. The Morgan fingerprint density at radius 1 is 1.44 bits per heavy atom. The van der Waals surface area contributed by atoms with Gasteiger partial charge < -0.3 is 15.0 Å². The second kappa shape index (κ2) is 5.97. The van der Waals surface area contributed by atoms with E-state index >= 15 is 0 Å². The molecule has 0 amide bonds. The predicted octanol–water partition coefficient (Wildman–Crippen LogP) is 2.22. The van der Waals surface area contributed by atoms with Gasteiger partial charge in [0.2, 0.25) is 0 Å². The molecule has 2 rings (SSSR count). The highest BCUT2D eigenvalue weighted by molar-refractivity contribution is 9.10. The highest BCUT2D eigenvalue weighted by atomic mass is 79.9. The fourth-order valence-electron chi connectivity index (χ4n) is 1.53. The molecule has 0 radical (unpaired) electrons. The number of nitrogens with two attached hydrogens (primary N) is 1. The molecule has 6 heteroatoms. The maximum absolute atomic E-state index is 5.59. The minimum atomic E-state index is 0.268. The summed E-state index contributed by atoms with van der Waals surface area (Å²) in [5, 5.41) is 3.70. The molecule has 0 spiro atoms. The lowest BCUT2D eigenvalue weighted by atomic mass is 10.1. The van der Waals surface area contributed by atoms with Gasteiger partial charge in [-0.3, -0.25) is 0 Å². The van der Waals surface area contributed by atoms with Gasteiger partial charge in [-0.1, -0.05) is 21.1 Å². The standard InChI is InChI=1S/C12H14BrN3O2/c1-8-15-12(18-16-8)7-17-10-2-3-11(13)9(6-10)4-5-14/h2-3,6H,4-5,7,14H2,1H3. The number of hydrogen-bond donors (Lipinski definition) is 1. The minimum Gasteiger partial charge on any atom is -0.484 e. The van der Waals surface area contributed by atoms with Gasteiger partial charge in [0.05, 0.1) is 0 Å². The Bertz CT molecular complexity index is 528. The average Bonchev–Trinajstić information content (AvgIpc) is 2.76. The summed E-state index contributed by atoms with van der Waals surface area (Å²) >= 11 is 3.48. The summed E-state index contributed by atoms with van der Waals surface area (Å²) in [4.78, 5) is 4.07. The Balaban J connectivity index is 2.03. The summed E-state index contributed by atoms with van der Waals surface area (Å²) in [5.74, 6) is 1.83. The molecule has 0 unspecified atom stereocenters. The summed E-state index contributed by atoms with van der Waals surface area (Å²) in [7, 11) is 0. The van der Waals surface area contributed by atoms with Crippen LogP contribution in [0.2, 0.25) is 0 Å². The minimum absolute atomic E-state index is 0.268. The van der Waals surface area contributed by atoms with Crippen molar-refractivity contribution in [2.75, 3.05) is 6.54 Å². The van der Waals surface area contributed by atoms with Crippen LogP contribution in [0, 0.1) is 6.92 Å². The lowest BCUT2D eigenvalue weighted by Gasteiger charge is -2.07. The molecule has 0 bridgehead atoms. The first-order chi connectivity index (χ1) is 8.69. The fourth-order valence-corrected chi connectivity index (χ4v) is 1.98. The maximum atomic E-state index is 5.59. The zero-order valence-corrected chi connectivity index (χ0v) is 11.6. The van der Waals surface area contributed by atoms with Crippen LogP contribution in [0.4, 0.5) is 0 Å².